The molecule has 2 aromatic rings. The fourth-order valence-electron chi connectivity index (χ4n) is 3.99. The Morgan fingerprint density at radius 1 is 1.16 bits per heavy atom. The number of ether oxygens (including phenoxy) is 1. The molecule has 1 atom stereocenters. The Morgan fingerprint density at radius 2 is 1.94 bits per heavy atom. The van der Waals surface area contributed by atoms with Crippen molar-refractivity contribution in [1.82, 2.24) is 10.2 Å². The van der Waals surface area contributed by atoms with E-state index in [0.29, 0.717) is 23.4 Å². The summed E-state index contributed by atoms with van der Waals surface area (Å²) in [6.45, 7) is 4.50. The number of aryl methyl sites for hydroxylation is 1. The first-order valence-corrected chi connectivity index (χ1v) is 11.2. The number of fused-ring (bicyclic) bond motifs is 1. The molecule has 0 bridgehead atoms. The Morgan fingerprint density at radius 3 is 2.66 bits per heavy atom. The maximum absolute atomic E-state index is 13.0. The number of hydrogen-bond donors (Lipinski definition) is 2. The van der Waals surface area contributed by atoms with Crippen molar-refractivity contribution in [2.24, 2.45) is 0 Å². The molecule has 2 aromatic carbocycles. The van der Waals surface area contributed by atoms with Crippen molar-refractivity contribution >= 4 is 23.4 Å². The number of carbonyl (C=O) groups excluding carboxylic acids is 3. The van der Waals surface area contributed by atoms with Gasteiger partial charge in [-0.15, -0.1) is 0 Å². The van der Waals surface area contributed by atoms with Crippen molar-refractivity contribution in [2.75, 3.05) is 18.5 Å². The second-order valence-electron chi connectivity index (χ2n) is 8.38. The summed E-state index contributed by atoms with van der Waals surface area (Å²) in [4.78, 5) is 39.9. The van der Waals surface area contributed by atoms with Crippen molar-refractivity contribution in [3.8, 4) is 5.75 Å². The van der Waals surface area contributed by atoms with Crippen molar-refractivity contribution in [1.29, 1.82) is 0 Å². The van der Waals surface area contributed by atoms with Gasteiger partial charge < -0.3 is 20.3 Å². The number of hydrogen-bond acceptors (Lipinski definition) is 4. The van der Waals surface area contributed by atoms with E-state index in [2.05, 4.69) is 17.6 Å². The number of nitrogens with one attached hydrogen (secondary N) is 2. The van der Waals surface area contributed by atoms with E-state index in [-0.39, 0.29) is 30.3 Å². The predicted molar refractivity (Wildman–Crippen MR) is 122 cm³/mol. The first-order chi connectivity index (χ1) is 15.5. The van der Waals surface area contributed by atoms with Crippen LogP contribution in [-0.2, 0) is 9.59 Å². The summed E-state index contributed by atoms with van der Waals surface area (Å²) in [7, 11) is 0. The molecule has 4 rings (SSSR count). The molecule has 1 aliphatic heterocycles. The normalized spacial score (nSPS) is 17.1. The largest absolute Gasteiger partial charge is 0.494 e. The van der Waals surface area contributed by atoms with E-state index in [1.165, 1.54) is 0 Å². The molecule has 32 heavy (non-hydrogen) atoms. The van der Waals surface area contributed by atoms with Crippen LogP contribution >= 0.6 is 0 Å². The highest BCUT2D eigenvalue weighted by atomic mass is 16.5. The number of rotatable bonds is 9. The molecule has 1 unspecified atom stereocenters. The smallest absolute Gasteiger partial charge is 0.255 e. The van der Waals surface area contributed by atoms with E-state index in [1.54, 1.807) is 23.1 Å². The van der Waals surface area contributed by atoms with Gasteiger partial charge in [-0.25, -0.2) is 0 Å². The lowest BCUT2D eigenvalue weighted by Crippen LogP contribution is -2.42. The Hall–Kier alpha value is -3.35. The summed E-state index contributed by atoms with van der Waals surface area (Å²) in [5.41, 5.74) is 2.83. The van der Waals surface area contributed by atoms with Crippen LogP contribution in [0.15, 0.2) is 42.5 Å². The standard InChI is InChI=1S/C25H29N3O4/c1-3-4-13-32-18-11-12-21(16(2)14-18)27-22(29)15-26-24(30)23-19-7-5-6-8-20(19)25(31)28(23)17-9-10-17/h5-8,11-12,14,17,23H,3-4,9-10,13,15H2,1-2H3,(H,26,30)(H,27,29). The molecule has 0 saturated heterocycles. The molecule has 7 heteroatoms. The van der Waals surface area contributed by atoms with Crippen molar-refractivity contribution in [2.45, 2.75) is 51.6 Å². The highest BCUT2D eigenvalue weighted by molar-refractivity contribution is 6.05. The molecule has 2 N–H and O–H groups in total. The minimum absolute atomic E-state index is 0.0974. The van der Waals surface area contributed by atoms with Gasteiger partial charge in [0.05, 0.1) is 13.2 Å². The molecule has 168 valence electrons. The van der Waals surface area contributed by atoms with Gasteiger partial charge in [-0.1, -0.05) is 31.5 Å². The third-order valence-electron chi connectivity index (χ3n) is 5.85. The topological polar surface area (TPSA) is 87.7 Å². The molecule has 0 aromatic heterocycles. The fourth-order valence-corrected chi connectivity index (χ4v) is 3.99. The summed E-state index contributed by atoms with van der Waals surface area (Å²) in [5.74, 6) is 0.00924. The van der Waals surface area contributed by atoms with Crippen LogP contribution in [0, 0.1) is 6.92 Å². The molecule has 7 nitrogen and oxygen atoms in total. The van der Waals surface area contributed by atoms with Gasteiger partial charge in [0.25, 0.3) is 5.91 Å². The van der Waals surface area contributed by atoms with Gasteiger partial charge in [-0.05, 0) is 61.6 Å². The first kappa shape index (κ1) is 21.9. The lowest BCUT2D eigenvalue weighted by molar-refractivity contribution is -0.127. The van der Waals surface area contributed by atoms with E-state index in [9.17, 15) is 14.4 Å². The van der Waals surface area contributed by atoms with Crippen LogP contribution < -0.4 is 15.4 Å². The van der Waals surface area contributed by atoms with E-state index in [1.807, 2.05) is 31.2 Å². The maximum atomic E-state index is 13.0. The van der Waals surface area contributed by atoms with E-state index in [0.717, 1.165) is 37.0 Å². The van der Waals surface area contributed by atoms with Crippen molar-refractivity contribution < 1.29 is 19.1 Å². The molecule has 1 aliphatic carbocycles. The number of amides is 3. The van der Waals surface area contributed by atoms with E-state index in [4.69, 9.17) is 4.74 Å². The Kier molecular flexibility index (Phi) is 6.44. The number of unbranched alkanes of at least 4 members (excludes halogenated alkanes) is 1. The summed E-state index contributed by atoms with van der Waals surface area (Å²) in [6.07, 6.45) is 3.87. The number of benzene rings is 2. The van der Waals surface area contributed by atoms with Crippen molar-refractivity contribution in [3.63, 3.8) is 0 Å². The summed E-state index contributed by atoms with van der Waals surface area (Å²) in [5, 5.41) is 5.55. The molecular weight excluding hydrogens is 406 g/mol. The average molecular weight is 436 g/mol. The lowest BCUT2D eigenvalue weighted by atomic mass is 10.0. The second kappa shape index (κ2) is 9.42. The zero-order valence-electron chi connectivity index (χ0n) is 18.5. The quantitative estimate of drug-likeness (QED) is 0.590. The van der Waals surface area contributed by atoms with Gasteiger partial charge in [0.1, 0.15) is 11.8 Å². The van der Waals surface area contributed by atoms with Gasteiger partial charge in [0, 0.05) is 17.3 Å². The molecule has 2 aliphatic rings. The van der Waals surface area contributed by atoms with E-state index < -0.39 is 6.04 Å². The molecular formula is C25H29N3O4. The van der Waals surface area contributed by atoms with Crippen LogP contribution in [0.4, 0.5) is 5.69 Å². The van der Waals surface area contributed by atoms with Crippen LogP contribution in [0.5, 0.6) is 5.75 Å². The van der Waals surface area contributed by atoms with Gasteiger partial charge >= 0.3 is 0 Å². The fraction of sp³-hybridized carbons (Fsp3) is 0.400. The molecule has 1 heterocycles. The minimum Gasteiger partial charge on any atom is -0.494 e. The van der Waals surface area contributed by atoms with Crippen LogP contribution in [0.1, 0.15) is 60.1 Å². The van der Waals surface area contributed by atoms with E-state index >= 15 is 0 Å². The Labute approximate surface area is 188 Å². The molecule has 0 spiro atoms. The zero-order chi connectivity index (χ0) is 22.7. The third-order valence-corrected chi connectivity index (χ3v) is 5.85. The second-order valence-corrected chi connectivity index (χ2v) is 8.38. The molecule has 1 saturated carbocycles. The number of nitrogens with zero attached hydrogens (tertiary/aromatic N) is 1. The highest BCUT2D eigenvalue weighted by Crippen LogP contribution is 2.41. The van der Waals surface area contributed by atoms with Crippen LogP contribution in [0.3, 0.4) is 0 Å². The van der Waals surface area contributed by atoms with Crippen LogP contribution in [0.2, 0.25) is 0 Å². The third kappa shape index (κ3) is 4.61. The van der Waals surface area contributed by atoms with Gasteiger partial charge in [-0.2, -0.15) is 0 Å². The molecule has 1 fully saturated rings. The molecule has 3 amide bonds. The lowest BCUT2D eigenvalue weighted by Gasteiger charge is -2.24. The number of anilines is 1. The van der Waals surface area contributed by atoms with Gasteiger partial charge in [0.2, 0.25) is 11.8 Å². The summed E-state index contributed by atoms with van der Waals surface area (Å²) in [6, 6.07) is 12.1. The monoisotopic (exact) mass is 435 g/mol. The van der Waals surface area contributed by atoms with Crippen LogP contribution in [0.25, 0.3) is 0 Å². The predicted octanol–water partition coefficient (Wildman–Crippen LogP) is 3.59. The minimum atomic E-state index is -0.680. The number of carbonyl (C=O) groups is 3. The van der Waals surface area contributed by atoms with Crippen LogP contribution in [-0.4, -0.2) is 41.8 Å². The zero-order valence-corrected chi connectivity index (χ0v) is 18.5. The highest BCUT2D eigenvalue weighted by Gasteiger charge is 2.47. The molecule has 0 radical (unpaired) electrons. The van der Waals surface area contributed by atoms with Gasteiger partial charge in [0.15, 0.2) is 0 Å². The Balaban J connectivity index is 1.36. The van der Waals surface area contributed by atoms with Crippen molar-refractivity contribution in [3.05, 3.63) is 59.2 Å². The first-order valence-electron chi connectivity index (χ1n) is 11.2. The summed E-state index contributed by atoms with van der Waals surface area (Å²) >= 11 is 0. The Bertz CT molecular complexity index is 1030. The SMILES string of the molecule is CCCCOc1ccc(NC(=O)CNC(=O)C2c3ccccc3C(=O)N2C2CC2)c(C)c1. The average Bonchev–Trinajstić information content (AvgIpc) is 3.58. The summed E-state index contributed by atoms with van der Waals surface area (Å²) < 4.78 is 5.69. The maximum Gasteiger partial charge on any atom is 0.255 e. The van der Waals surface area contributed by atoms with Gasteiger partial charge in [-0.3, -0.25) is 14.4 Å².